The maximum absolute atomic E-state index is 13.5. The standard InChI is InChI=1S/C36H34N8O3/c1-41-22-37-20-30(41)34-38-14-13-31(39-34)43-17-15-42(16-18-43)21-24-7-5-23(6-8-24)19-25-9-10-28-33-26(25)3-2-4-27(33)36(47)44(28)29-11-12-32(45)40-35(29)46/h2-10,13-14,20,22,29H,11-12,15-19,21H2,1H3,(H,40,45,46). The van der Waals surface area contributed by atoms with Gasteiger partial charge in [0, 0.05) is 63.3 Å². The van der Waals surface area contributed by atoms with E-state index in [1.807, 2.05) is 48.1 Å². The van der Waals surface area contributed by atoms with Crippen molar-refractivity contribution in [3.05, 3.63) is 102 Å². The summed E-state index contributed by atoms with van der Waals surface area (Å²) in [5, 5.41) is 4.29. The predicted molar refractivity (Wildman–Crippen MR) is 178 cm³/mol. The van der Waals surface area contributed by atoms with E-state index in [-0.39, 0.29) is 18.2 Å². The fraction of sp³-hybridized carbons (Fsp3) is 0.278. The Morgan fingerprint density at radius 3 is 2.49 bits per heavy atom. The molecule has 0 aliphatic carbocycles. The van der Waals surface area contributed by atoms with Crippen molar-refractivity contribution in [3.63, 3.8) is 0 Å². The number of hydrogen-bond donors (Lipinski definition) is 1. The van der Waals surface area contributed by atoms with Gasteiger partial charge in [0.25, 0.3) is 5.91 Å². The van der Waals surface area contributed by atoms with Gasteiger partial charge in [-0.25, -0.2) is 15.0 Å². The first-order valence-corrected chi connectivity index (χ1v) is 16.0. The van der Waals surface area contributed by atoms with E-state index >= 15 is 0 Å². The molecule has 3 aliphatic rings. The number of amides is 3. The number of aryl methyl sites for hydroxylation is 1. The van der Waals surface area contributed by atoms with Crippen LogP contribution in [0, 0.1) is 0 Å². The minimum absolute atomic E-state index is 0.186. The van der Waals surface area contributed by atoms with Crippen molar-refractivity contribution in [1.82, 2.24) is 29.7 Å². The number of carbonyl (C=O) groups excluding carboxylic acids is 3. The molecule has 11 heteroatoms. The van der Waals surface area contributed by atoms with Gasteiger partial charge in [0.2, 0.25) is 11.8 Å². The summed E-state index contributed by atoms with van der Waals surface area (Å²) in [6, 6.07) is 19.9. The van der Waals surface area contributed by atoms with Crippen LogP contribution in [0.4, 0.5) is 11.5 Å². The molecule has 3 amide bonds. The van der Waals surface area contributed by atoms with E-state index in [9.17, 15) is 14.4 Å². The van der Waals surface area contributed by atoms with Crippen LogP contribution in [-0.4, -0.2) is 74.4 Å². The van der Waals surface area contributed by atoms with Gasteiger partial charge in [-0.15, -0.1) is 0 Å². The molecule has 11 nitrogen and oxygen atoms in total. The van der Waals surface area contributed by atoms with E-state index in [1.54, 1.807) is 17.4 Å². The number of rotatable bonds is 7. The van der Waals surface area contributed by atoms with Crippen LogP contribution >= 0.6 is 0 Å². The Morgan fingerprint density at radius 1 is 0.915 bits per heavy atom. The zero-order valence-corrected chi connectivity index (χ0v) is 26.1. The van der Waals surface area contributed by atoms with Crippen molar-refractivity contribution in [2.24, 2.45) is 7.05 Å². The zero-order chi connectivity index (χ0) is 32.1. The lowest BCUT2D eigenvalue weighted by Gasteiger charge is -2.35. The minimum Gasteiger partial charge on any atom is -0.354 e. The maximum Gasteiger partial charge on any atom is 0.259 e. The minimum atomic E-state index is -0.686. The van der Waals surface area contributed by atoms with E-state index in [2.05, 4.69) is 55.4 Å². The number of nitrogens with one attached hydrogen (secondary N) is 1. The van der Waals surface area contributed by atoms with Crippen molar-refractivity contribution in [2.45, 2.75) is 31.8 Å². The van der Waals surface area contributed by atoms with Gasteiger partial charge in [-0.2, -0.15) is 0 Å². The Kier molecular flexibility index (Phi) is 7.25. The zero-order valence-electron chi connectivity index (χ0n) is 26.1. The van der Waals surface area contributed by atoms with E-state index in [0.29, 0.717) is 17.8 Å². The largest absolute Gasteiger partial charge is 0.354 e. The number of imide groups is 1. The number of benzene rings is 3. The second-order valence-electron chi connectivity index (χ2n) is 12.5. The Balaban J connectivity index is 0.927. The Bertz CT molecular complexity index is 2030. The molecule has 3 aliphatic heterocycles. The number of anilines is 2. The van der Waals surface area contributed by atoms with Crippen molar-refractivity contribution < 1.29 is 14.4 Å². The van der Waals surface area contributed by atoms with Gasteiger partial charge in [0.05, 0.1) is 18.2 Å². The molecule has 2 fully saturated rings. The smallest absolute Gasteiger partial charge is 0.259 e. The molecule has 3 aromatic carbocycles. The number of piperazine rings is 1. The van der Waals surface area contributed by atoms with Crippen molar-refractivity contribution in [2.75, 3.05) is 36.0 Å². The third kappa shape index (κ3) is 5.32. The third-order valence-corrected chi connectivity index (χ3v) is 9.55. The fourth-order valence-electron chi connectivity index (χ4n) is 7.06. The van der Waals surface area contributed by atoms with Crippen LogP contribution in [0.3, 0.4) is 0 Å². The molecule has 2 saturated heterocycles. The molecule has 1 unspecified atom stereocenters. The lowest BCUT2D eigenvalue weighted by molar-refractivity contribution is -0.134. The van der Waals surface area contributed by atoms with E-state index in [4.69, 9.17) is 4.98 Å². The first-order valence-electron chi connectivity index (χ1n) is 16.0. The highest BCUT2D eigenvalue weighted by atomic mass is 16.2. The van der Waals surface area contributed by atoms with Crippen LogP contribution in [0.25, 0.3) is 22.3 Å². The number of imidazole rings is 1. The summed E-state index contributed by atoms with van der Waals surface area (Å²) in [5.41, 5.74) is 5.83. The molecule has 1 N–H and O–H groups in total. The van der Waals surface area contributed by atoms with Crippen LogP contribution in [0.15, 0.2) is 79.4 Å². The molecule has 1 atom stereocenters. The normalized spacial score (nSPS) is 18.3. The SMILES string of the molecule is Cn1cncc1-c1nccc(N2CCN(Cc3ccc(Cc4ccc5c6c(cccc46)C(=O)N5C4CCC(=O)NC4=O)cc3)CC2)n1. The molecule has 0 bridgehead atoms. The summed E-state index contributed by atoms with van der Waals surface area (Å²) in [6.07, 6.45) is 6.64. The summed E-state index contributed by atoms with van der Waals surface area (Å²) < 4.78 is 1.93. The molecule has 2 aromatic heterocycles. The van der Waals surface area contributed by atoms with Crippen LogP contribution in [-0.2, 0) is 29.6 Å². The third-order valence-electron chi connectivity index (χ3n) is 9.55. The Hall–Kier alpha value is -5.42. The number of aromatic nitrogens is 4. The summed E-state index contributed by atoms with van der Waals surface area (Å²) in [5.74, 6) is 0.733. The van der Waals surface area contributed by atoms with Gasteiger partial charge in [-0.05, 0) is 53.1 Å². The Labute approximate surface area is 271 Å². The fourth-order valence-corrected chi connectivity index (χ4v) is 7.06. The molecule has 5 aromatic rings. The molecule has 0 spiro atoms. The number of piperidine rings is 1. The maximum atomic E-state index is 13.5. The van der Waals surface area contributed by atoms with Crippen LogP contribution in [0.5, 0.6) is 0 Å². The quantitative estimate of drug-likeness (QED) is 0.272. The molecule has 0 radical (unpaired) electrons. The first-order chi connectivity index (χ1) is 22.9. The molecular weight excluding hydrogens is 592 g/mol. The van der Waals surface area contributed by atoms with Gasteiger partial charge in [-0.1, -0.05) is 42.5 Å². The van der Waals surface area contributed by atoms with E-state index < -0.39 is 11.9 Å². The van der Waals surface area contributed by atoms with Crippen LogP contribution in [0.2, 0.25) is 0 Å². The van der Waals surface area contributed by atoms with Crippen LogP contribution in [0.1, 0.15) is 39.9 Å². The monoisotopic (exact) mass is 626 g/mol. The highest BCUT2D eigenvalue weighted by Crippen LogP contribution is 2.41. The average molecular weight is 627 g/mol. The van der Waals surface area contributed by atoms with E-state index in [1.165, 1.54) is 11.1 Å². The van der Waals surface area contributed by atoms with Gasteiger partial charge in [0.1, 0.15) is 17.6 Å². The lowest BCUT2D eigenvalue weighted by Crippen LogP contribution is -2.53. The summed E-state index contributed by atoms with van der Waals surface area (Å²) in [4.78, 5) is 57.7. The molecular formula is C36H34N8O3. The predicted octanol–water partition coefficient (Wildman–Crippen LogP) is 3.71. The topological polar surface area (TPSA) is 117 Å². The second kappa shape index (κ2) is 11.7. The number of nitrogens with zero attached hydrogens (tertiary/aromatic N) is 7. The average Bonchev–Trinajstić information content (AvgIpc) is 3.65. The lowest BCUT2D eigenvalue weighted by atomic mass is 9.95. The van der Waals surface area contributed by atoms with Crippen molar-refractivity contribution >= 4 is 40.0 Å². The van der Waals surface area contributed by atoms with Gasteiger partial charge in [0.15, 0.2) is 5.82 Å². The number of carbonyl (C=O) groups is 3. The van der Waals surface area contributed by atoms with Gasteiger partial charge >= 0.3 is 0 Å². The molecule has 236 valence electrons. The second-order valence-corrected chi connectivity index (χ2v) is 12.5. The van der Waals surface area contributed by atoms with Crippen LogP contribution < -0.4 is 15.1 Å². The van der Waals surface area contributed by atoms with Gasteiger partial charge < -0.3 is 9.47 Å². The molecule has 5 heterocycles. The van der Waals surface area contributed by atoms with Gasteiger partial charge in [-0.3, -0.25) is 29.5 Å². The molecule has 0 saturated carbocycles. The summed E-state index contributed by atoms with van der Waals surface area (Å²) in [7, 11) is 1.95. The van der Waals surface area contributed by atoms with Crippen molar-refractivity contribution in [3.8, 4) is 11.5 Å². The van der Waals surface area contributed by atoms with Crippen molar-refractivity contribution in [1.29, 1.82) is 0 Å². The highest BCUT2D eigenvalue weighted by molar-refractivity contribution is 6.27. The Morgan fingerprint density at radius 2 is 1.72 bits per heavy atom. The number of hydrogen-bond acceptors (Lipinski definition) is 8. The first kappa shape index (κ1) is 29.0. The van der Waals surface area contributed by atoms with E-state index in [0.717, 1.165) is 72.7 Å². The summed E-state index contributed by atoms with van der Waals surface area (Å²) in [6.45, 7) is 4.57. The molecule has 47 heavy (non-hydrogen) atoms. The highest BCUT2D eigenvalue weighted by Gasteiger charge is 2.40. The molecule has 8 rings (SSSR count). The summed E-state index contributed by atoms with van der Waals surface area (Å²) >= 11 is 0.